The maximum Gasteiger partial charge on any atom is 0.267 e. The smallest absolute Gasteiger partial charge is 0.267 e. The number of amides is 1. The van der Waals surface area contributed by atoms with E-state index in [1.807, 2.05) is 37.2 Å². The highest BCUT2D eigenvalue weighted by Gasteiger charge is 2.20. The lowest BCUT2D eigenvalue weighted by Crippen LogP contribution is -2.26. The zero-order valence-corrected chi connectivity index (χ0v) is 13.7. The van der Waals surface area contributed by atoms with Crippen molar-refractivity contribution in [3.63, 3.8) is 0 Å². The van der Waals surface area contributed by atoms with Gasteiger partial charge in [-0.15, -0.1) is 0 Å². The van der Waals surface area contributed by atoms with Crippen molar-refractivity contribution in [2.75, 3.05) is 31.8 Å². The number of thiazole rings is 1. The largest absolute Gasteiger partial charge is 0.382 e. The predicted molar refractivity (Wildman–Crippen MR) is 88.1 cm³/mol. The van der Waals surface area contributed by atoms with Gasteiger partial charge in [0.1, 0.15) is 10.7 Å². The van der Waals surface area contributed by atoms with Crippen LogP contribution in [0.1, 0.15) is 15.2 Å². The molecule has 1 heterocycles. The average Bonchev–Trinajstić information content (AvgIpc) is 2.80. The Morgan fingerprint density at radius 2 is 2.10 bits per heavy atom. The van der Waals surface area contributed by atoms with Crippen molar-refractivity contribution in [2.24, 2.45) is 0 Å². The number of hydrogen-bond donors (Lipinski definition) is 1. The summed E-state index contributed by atoms with van der Waals surface area (Å²) in [5.74, 6) is 0.129. The standard InChI is InChI=1S/C14H17ClN4OS/c1-18(2)14-17-12(16)11(21-14)13(20)19(3)8-9-5-4-6-10(15)7-9/h4-7H,8,16H2,1-3H3. The van der Waals surface area contributed by atoms with Crippen LogP contribution >= 0.6 is 22.9 Å². The monoisotopic (exact) mass is 324 g/mol. The summed E-state index contributed by atoms with van der Waals surface area (Å²) in [7, 11) is 5.46. The van der Waals surface area contributed by atoms with Gasteiger partial charge in [0.05, 0.1) is 0 Å². The summed E-state index contributed by atoms with van der Waals surface area (Å²) >= 11 is 7.24. The Bertz CT molecular complexity index is 656. The number of rotatable bonds is 4. The van der Waals surface area contributed by atoms with Crippen molar-refractivity contribution in [3.05, 3.63) is 39.7 Å². The van der Waals surface area contributed by atoms with Gasteiger partial charge in [-0.1, -0.05) is 35.1 Å². The number of aromatic nitrogens is 1. The van der Waals surface area contributed by atoms with Crippen LogP contribution in [0, 0.1) is 0 Å². The summed E-state index contributed by atoms with van der Waals surface area (Å²) in [5.41, 5.74) is 6.81. The molecule has 1 amide bonds. The molecule has 0 aliphatic carbocycles. The minimum absolute atomic E-state index is 0.141. The number of carbonyl (C=O) groups is 1. The van der Waals surface area contributed by atoms with E-state index >= 15 is 0 Å². The number of nitrogens with zero attached hydrogens (tertiary/aromatic N) is 3. The van der Waals surface area contributed by atoms with E-state index in [4.69, 9.17) is 17.3 Å². The molecule has 1 aromatic heterocycles. The minimum Gasteiger partial charge on any atom is -0.382 e. The molecule has 7 heteroatoms. The second-order valence-electron chi connectivity index (χ2n) is 4.90. The quantitative estimate of drug-likeness (QED) is 0.939. The van der Waals surface area contributed by atoms with Gasteiger partial charge >= 0.3 is 0 Å². The van der Waals surface area contributed by atoms with Crippen LogP contribution in [-0.4, -0.2) is 36.9 Å². The van der Waals surface area contributed by atoms with E-state index in [9.17, 15) is 4.79 Å². The Hall–Kier alpha value is -1.79. The molecule has 0 bridgehead atoms. The van der Waals surface area contributed by atoms with Crippen LogP contribution in [0.2, 0.25) is 5.02 Å². The zero-order valence-electron chi connectivity index (χ0n) is 12.1. The average molecular weight is 325 g/mol. The fourth-order valence-electron chi connectivity index (χ4n) is 1.82. The molecule has 2 rings (SSSR count). The second kappa shape index (κ2) is 6.32. The summed E-state index contributed by atoms with van der Waals surface area (Å²) in [5, 5.41) is 1.37. The number of nitrogens with two attached hydrogens (primary N) is 1. The molecule has 5 nitrogen and oxygen atoms in total. The van der Waals surface area contributed by atoms with Crippen molar-refractivity contribution in [2.45, 2.75) is 6.54 Å². The lowest BCUT2D eigenvalue weighted by atomic mass is 10.2. The molecule has 0 radical (unpaired) electrons. The molecular formula is C14H17ClN4OS. The number of nitrogen functional groups attached to an aromatic ring is 1. The van der Waals surface area contributed by atoms with Crippen molar-refractivity contribution < 1.29 is 4.79 Å². The molecule has 2 N–H and O–H groups in total. The van der Waals surface area contributed by atoms with Gasteiger partial charge in [0.25, 0.3) is 5.91 Å². The third-order valence-corrected chi connectivity index (χ3v) is 4.34. The highest BCUT2D eigenvalue weighted by molar-refractivity contribution is 7.18. The Morgan fingerprint density at radius 3 is 2.67 bits per heavy atom. The van der Waals surface area contributed by atoms with Crippen LogP contribution in [0.5, 0.6) is 0 Å². The molecule has 1 aromatic carbocycles. The first-order valence-corrected chi connectivity index (χ1v) is 7.51. The molecule has 21 heavy (non-hydrogen) atoms. The highest BCUT2D eigenvalue weighted by atomic mass is 35.5. The molecule has 0 spiro atoms. The number of anilines is 2. The molecule has 0 fully saturated rings. The van der Waals surface area contributed by atoms with Crippen LogP contribution < -0.4 is 10.6 Å². The van der Waals surface area contributed by atoms with Crippen molar-refractivity contribution in [3.8, 4) is 0 Å². The van der Waals surface area contributed by atoms with Crippen LogP contribution in [0.15, 0.2) is 24.3 Å². The molecular weight excluding hydrogens is 308 g/mol. The molecule has 2 aromatic rings. The van der Waals surface area contributed by atoms with Crippen molar-refractivity contribution >= 4 is 39.8 Å². The van der Waals surface area contributed by atoms with Crippen LogP contribution in [-0.2, 0) is 6.54 Å². The minimum atomic E-state index is -0.141. The Balaban J connectivity index is 2.16. The Labute approximate surface area is 132 Å². The first-order chi connectivity index (χ1) is 9.88. The van der Waals surface area contributed by atoms with Gasteiger partial charge in [-0.05, 0) is 17.7 Å². The number of benzene rings is 1. The number of carbonyl (C=O) groups excluding carboxylic acids is 1. The fraction of sp³-hybridized carbons (Fsp3) is 0.286. The predicted octanol–water partition coefficient (Wildman–Crippen LogP) is 2.72. The normalized spacial score (nSPS) is 10.5. The molecule has 0 aliphatic heterocycles. The number of hydrogen-bond acceptors (Lipinski definition) is 5. The topological polar surface area (TPSA) is 62.5 Å². The van der Waals surface area contributed by atoms with E-state index in [0.29, 0.717) is 21.6 Å². The summed E-state index contributed by atoms with van der Waals surface area (Å²) in [6.07, 6.45) is 0. The number of halogens is 1. The first kappa shape index (κ1) is 15.6. The van der Waals surface area contributed by atoms with Crippen LogP contribution in [0.3, 0.4) is 0 Å². The molecule has 0 unspecified atom stereocenters. The van der Waals surface area contributed by atoms with E-state index in [2.05, 4.69) is 4.98 Å². The molecule has 112 valence electrons. The molecule has 0 saturated carbocycles. The van der Waals surface area contributed by atoms with Crippen molar-refractivity contribution in [1.82, 2.24) is 9.88 Å². The second-order valence-corrected chi connectivity index (χ2v) is 6.31. The van der Waals surface area contributed by atoms with Gasteiger partial charge in [0.15, 0.2) is 5.13 Å². The van der Waals surface area contributed by atoms with E-state index in [1.165, 1.54) is 11.3 Å². The van der Waals surface area contributed by atoms with Gasteiger partial charge in [0, 0.05) is 32.7 Å². The first-order valence-electron chi connectivity index (χ1n) is 6.32. The maximum absolute atomic E-state index is 12.5. The van der Waals surface area contributed by atoms with E-state index in [1.54, 1.807) is 18.0 Å². The highest BCUT2D eigenvalue weighted by Crippen LogP contribution is 2.28. The zero-order chi connectivity index (χ0) is 15.6. The van der Waals surface area contributed by atoms with Gasteiger partial charge in [0.2, 0.25) is 0 Å². The Kier molecular flexibility index (Phi) is 4.69. The SMILES string of the molecule is CN(Cc1cccc(Cl)c1)C(=O)c1sc(N(C)C)nc1N. The van der Waals surface area contributed by atoms with Crippen LogP contribution in [0.25, 0.3) is 0 Å². The van der Waals surface area contributed by atoms with Crippen LogP contribution in [0.4, 0.5) is 10.9 Å². The summed E-state index contributed by atoms with van der Waals surface area (Å²) in [6, 6.07) is 7.43. The third-order valence-electron chi connectivity index (χ3n) is 2.87. The van der Waals surface area contributed by atoms with Gasteiger partial charge in [-0.2, -0.15) is 0 Å². The van der Waals surface area contributed by atoms with Gasteiger partial charge in [-0.25, -0.2) is 4.98 Å². The van der Waals surface area contributed by atoms with Gasteiger partial charge < -0.3 is 15.5 Å². The van der Waals surface area contributed by atoms with E-state index in [0.717, 1.165) is 5.56 Å². The van der Waals surface area contributed by atoms with Gasteiger partial charge in [-0.3, -0.25) is 4.79 Å². The lowest BCUT2D eigenvalue weighted by molar-refractivity contribution is 0.0790. The summed E-state index contributed by atoms with van der Waals surface area (Å²) in [4.78, 5) is 20.5. The van der Waals surface area contributed by atoms with Crippen molar-refractivity contribution in [1.29, 1.82) is 0 Å². The molecule has 0 saturated heterocycles. The lowest BCUT2D eigenvalue weighted by Gasteiger charge is -2.16. The summed E-state index contributed by atoms with van der Waals surface area (Å²) < 4.78 is 0. The third kappa shape index (κ3) is 3.65. The fourth-order valence-corrected chi connectivity index (χ4v) is 2.93. The maximum atomic E-state index is 12.5. The van der Waals surface area contributed by atoms with E-state index < -0.39 is 0 Å². The summed E-state index contributed by atoms with van der Waals surface area (Å²) in [6.45, 7) is 0.466. The molecule has 0 aliphatic rings. The van der Waals surface area contributed by atoms with E-state index in [-0.39, 0.29) is 11.7 Å². The molecule has 0 atom stereocenters. The Morgan fingerprint density at radius 1 is 1.38 bits per heavy atom.